The average molecular weight is 461 g/mol. The number of rotatable bonds is 4. The molecule has 0 radical (unpaired) electrons. The molecule has 0 fully saturated rings. The quantitative estimate of drug-likeness (QED) is 0.413. The van der Waals surface area contributed by atoms with E-state index in [0.717, 1.165) is 26.9 Å². The molecular weight excluding hydrogens is 440 g/mol. The van der Waals surface area contributed by atoms with Gasteiger partial charge in [-0.1, -0.05) is 57.9 Å². The van der Waals surface area contributed by atoms with E-state index in [1.165, 1.54) is 5.56 Å². The molecule has 4 aromatic rings. The van der Waals surface area contributed by atoms with Gasteiger partial charge in [0.2, 0.25) is 5.82 Å². The third-order valence-electron chi connectivity index (χ3n) is 4.94. The molecule has 0 spiro atoms. The summed E-state index contributed by atoms with van der Waals surface area (Å²) in [4.78, 5) is 17.4. The lowest BCUT2D eigenvalue weighted by Gasteiger charge is -2.08. The van der Waals surface area contributed by atoms with Gasteiger partial charge in [0.05, 0.1) is 5.69 Å². The highest BCUT2D eigenvalue weighted by atomic mass is 79.9. The van der Waals surface area contributed by atoms with Crippen LogP contribution in [0.4, 0.5) is 5.69 Å². The van der Waals surface area contributed by atoms with E-state index in [0.29, 0.717) is 11.5 Å². The number of amides is 1. The first-order valence-corrected chi connectivity index (χ1v) is 10.4. The van der Waals surface area contributed by atoms with Crippen LogP contribution in [0, 0.1) is 20.8 Å². The fraction of sp³-hybridized carbons (Fsp3) is 0.125. The Hall–Kier alpha value is -3.25. The summed E-state index contributed by atoms with van der Waals surface area (Å²) < 4.78 is 2.61. The first-order chi connectivity index (χ1) is 14.4. The Morgan fingerprint density at radius 1 is 0.933 bits per heavy atom. The van der Waals surface area contributed by atoms with E-state index in [1.54, 1.807) is 4.68 Å². The predicted molar refractivity (Wildman–Crippen MR) is 123 cm³/mol. The van der Waals surface area contributed by atoms with Gasteiger partial charge in [0.25, 0.3) is 5.91 Å². The zero-order valence-corrected chi connectivity index (χ0v) is 18.6. The molecular formula is C24H21BrN4O. The van der Waals surface area contributed by atoms with Crippen molar-refractivity contribution < 1.29 is 4.79 Å². The molecule has 1 heterocycles. The maximum atomic E-state index is 12.9. The standard InChI is InChI=1S/C24H21BrN4O/c1-15-7-10-18(11-8-15)23-27-22(24(30)26-20-6-4-5-19(25)14-20)28-29(23)21-12-9-16(2)17(3)13-21/h4-14H,1-3H3,(H,26,30). The zero-order chi connectivity index (χ0) is 21.3. The third-order valence-corrected chi connectivity index (χ3v) is 5.43. The van der Waals surface area contributed by atoms with E-state index in [4.69, 9.17) is 0 Å². The molecule has 0 aliphatic rings. The molecule has 4 rings (SSSR count). The summed E-state index contributed by atoms with van der Waals surface area (Å²) in [5.74, 6) is 0.380. The number of anilines is 1. The van der Waals surface area contributed by atoms with E-state index < -0.39 is 0 Å². The van der Waals surface area contributed by atoms with E-state index in [-0.39, 0.29) is 11.7 Å². The monoisotopic (exact) mass is 460 g/mol. The maximum absolute atomic E-state index is 12.9. The Bertz CT molecular complexity index is 1230. The van der Waals surface area contributed by atoms with Crippen LogP contribution in [-0.4, -0.2) is 20.7 Å². The fourth-order valence-electron chi connectivity index (χ4n) is 3.09. The van der Waals surface area contributed by atoms with Gasteiger partial charge in [0.1, 0.15) is 0 Å². The first-order valence-electron chi connectivity index (χ1n) is 9.59. The van der Waals surface area contributed by atoms with Crippen molar-refractivity contribution >= 4 is 27.5 Å². The van der Waals surface area contributed by atoms with Crippen LogP contribution in [0.2, 0.25) is 0 Å². The van der Waals surface area contributed by atoms with Gasteiger partial charge < -0.3 is 5.32 Å². The number of aryl methyl sites for hydroxylation is 3. The number of carbonyl (C=O) groups is 1. The number of carbonyl (C=O) groups excluding carboxylic acids is 1. The molecule has 1 amide bonds. The van der Waals surface area contributed by atoms with Gasteiger partial charge in [0, 0.05) is 15.7 Å². The van der Waals surface area contributed by atoms with Gasteiger partial charge in [-0.25, -0.2) is 9.67 Å². The van der Waals surface area contributed by atoms with Crippen LogP contribution in [0.15, 0.2) is 71.2 Å². The molecule has 0 saturated carbocycles. The van der Waals surface area contributed by atoms with Crippen LogP contribution in [0.25, 0.3) is 17.1 Å². The van der Waals surface area contributed by atoms with E-state index in [9.17, 15) is 4.79 Å². The highest BCUT2D eigenvalue weighted by molar-refractivity contribution is 9.10. The molecule has 0 bridgehead atoms. The Morgan fingerprint density at radius 2 is 1.70 bits per heavy atom. The van der Waals surface area contributed by atoms with Gasteiger partial charge in [-0.3, -0.25) is 4.79 Å². The highest BCUT2D eigenvalue weighted by Crippen LogP contribution is 2.24. The number of nitrogens with one attached hydrogen (secondary N) is 1. The van der Waals surface area contributed by atoms with Crippen LogP contribution in [0.1, 0.15) is 27.3 Å². The average Bonchev–Trinajstić information content (AvgIpc) is 3.16. The minimum atomic E-state index is -0.357. The molecule has 0 atom stereocenters. The number of hydrogen-bond donors (Lipinski definition) is 1. The minimum absolute atomic E-state index is 0.115. The lowest BCUT2D eigenvalue weighted by atomic mass is 10.1. The van der Waals surface area contributed by atoms with Gasteiger partial charge in [-0.05, 0) is 62.2 Å². The van der Waals surface area contributed by atoms with Gasteiger partial charge in [-0.2, -0.15) is 0 Å². The number of aromatic nitrogens is 3. The second kappa shape index (κ2) is 8.24. The summed E-state index contributed by atoms with van der Waals surface area (Å²) in [5, 5.41) is 7.42. The summed E-state index contributed by atoms with van der Waals surface area (Å²) in [6.45, 7) is 6.16. The summed E-state index contributed by atoms with van der Waals surface area (Å²) in [7, 11) is 0. The van der Waals surface area contributed by atoms with Crippen molar-refractivity contribution in [2.75, 3.05) is 5.32 Å². The summed E-state index contributed by atoms with van der Waals surface area (Å²) >= 11 is 3.42. The Balaban J connectivity index is 1.77. The van der Waals surface area contributed by atoms with E-state index in [2.05, 4.69) is 51.2 Å². The van der Waals surface area contributed by atoms with Gasteiger partial charge in [-0.15, -0.1) is 5.10 Å². The van der Waals surface area contributed by atoms with Crippen molar-refractivity contribution in [3.8, 4) is 17.1 Å². The van der Waals surface area contributed by atoms with Crippen molar-refractivity contribution in [3.63, 3.8) is 0 Å². The van der Waals surface area contributed by atoms with Crippen molar-refractivity contribution in [1.82, 2.24) is 14.8 Å². The molecule has 1 N–H and O–H groups in total. The Kier molecular flexibility index (Phi) is 5.50. The van der Waals surface area contributed by atoms with Crippen LogP contribution >= 0.6 is 15.9 Å². The molecule has 30 heavy (non-hydrogen) atoms. The van der Waals surface area contributed by atoms with Crippen molar-refractivity contribution in [2.45, 2.75) is 20.8 Å². The number of nitrogens with zero attached hydrogens (tertiary/aromatic N) is 3. The number of benzene rings is 3. The predicted octanol–water partition coefficient (Wildman–Crippen LogP) is 5.87. The van der Waals surface area contributed by atoms with Crippen molar-refractivity contribution in [3.05, 3.63) is 93.7 Å². The molecule has 3 aromatic carbocycles. The first kappa shape index (κ1) is 20.0. The largest absolute Gasteiger partial charge is 0.319 e. The molecule has 1 aromatic heterocycles. The lowest BCUT2D eigenvalue weighted by molar-refractivity contribution is 0.101. The van der Waals surface area contributed by atoms with Crippen LogP contribution in [-0.2, 0) is 0 Å². The van der Waals surface area contributed by atoms with Crippen LogP contribution in [0.5, 0.6) is 0 Å². The molecule has 0 saturated heterocycles. The van der Waals surface area contributed by atoms with E-state index in [1.807, 2.05) is 67.6 Å². The Labute approximate surface area is 183 Å². The topological polar surface area (TPSA) is 59.8 Å². The molecule has 150 valence electrons. The normalized spacial score (nSPS) is 10.8. The summed E-state index contributed by atoms with van der Waals surface area (Å²) in [6.07, 6.45) is 0. The maximum Gasteiger partial charge on any atom is 0.295 e. The fourth-order valence-corrected chi connectivity index (χ4v) is 3.49. The molecule has 0 unspecified atom stereocenters. The summed E-state index contributed by atoms with van der Waals surface area (Å²) in [6, 6.07) is 21.5. The SMILES string of the molecule is Cc1ccc(-c2nc(C(=O)Nc3cccc(Br)c3)nn2-c2ccc(C)c(C)c2)cc1. The van der Waals surface area contributed by atoms with Crippen LogP contribution < -0.4 is 5.32 Å². The molecule has 5 nitrogen and oxygen atoms in total. The number of hydrogen-bond acceptors (Lipinski definition) is 3. The van der Waals surface area contributed by atoms with Crippen LogP contribution in [0.3, 0.4) is 0 Å². The second-order valence-corrected chi connectivity index (χ2v) is 8.19. The Morgan fingerprint density at radius 3 is 2.40 bits per heavy atom. The lowest BCUT2D eigenvalue weighted by Crippen LogP contribution is -2.14. The second-order valence-electron chi connectivity index (χ2n) is 7.27. The molecule has 0 aliphatic carbocycles. The van der Waals surface area contributed by atoms with Gasteiger partial charge >= 0.3 is 0 Å². The van der Waals surface area contributed by atoms with Gasteiger partial charge in [0.15, 0.2) is 5.82 Å². The minimum Gasteiger partial charge on any atom is -0.319 e. The highest BCUT2D eigenvalue weighted by Gasteiger charge is 2.19. The molecule has 6 heteroatoms. The molecule has 0 aliphatic heterocycles. The van der Waals surface area contributed by atoms with E-state index >= 15 is 0 Å². The van der Waals surface area contributed by atoms with Crippen molar-refractivity contribution in [2.24, 2.45) is 0 Å². The number of halogens is 1. The zero-order valence-electron chi connectivity index (χ0n) is 17.0. The van der Waals surface area contributed by atoms with Crippen molar-refractivity contribution in [1.29, 1.82) is 0 Å². The summed E-state index contributed by atoms with van der Waals surface area (Å²) in [5.41, 5.74) is 5.94. The smallest absolute Gasteiger partial charge is 0.295 e. The third kappa shape index (κ3) is 4.19.